The highest BCUT2D eigenvalue weighted by atomic mass is 79.9. The third-order valence-corrected chi connectivity index (χ3v) is 4.67. The Kier molecular flexibility index (Phi) is 4.00. The summed E-state index contributed by atoms with van der Waals surface area (Å²) in [5.74, 6) is -0.0511. The van der Waals surface area contributed by atoms with Crippen LogP contribution in [-0.2, 0) is 11.3 Å². The van der Waals surface area contributed by atoms with Crippen molar-refractivity contribution in [3.8, 4) is 0 Å². The zero-order chi connectivity index (χ0) is 11.5. The normalized spacial score (nSPS) is 18.8. The average molecular weight is 303 g/mol. The van der Waals surface area contributed by atoms with Crippen molar-refractivity contribution in [2.45, 2.75) is 19.4 Å². The first-order chi connectivity index (χ1) is 7.65. The van der Waals surface area contributed by atoms with Gasteiger partial charge in [0.1, 0.15) is 0 Å². The Hall–Kier alpha value is -0.390. The fourth-order valence-electron chi connectivity index (χ4n) is 2.03. The molecule has 0 aromatic carbocycles. The van der Waals surface area contributed by atoms with E-state index in [1.165, 1.54) is 4.88 Å². The molecule has 5 heteroatoms. The molecule has 1 aromatic rings. The molecule has 2 rings (SSSR count). The lowest BCUT2D eigenvalue weighted by Crippen LogP contribution is -2.37. The van der Waals surface area contributed by atoms with Gasteiger partial charge < -0.3 is 5.73 Å². The number of hydrogen-bond acceptors (Lipinski definition) is 3. The Labute approximate surface area is 108 Å². The highest BCUT2D eigenvalue weighted by Gasteiger charge is 2.23. The Balaban J connectivity index is 1.83. The molecule has 3 nitrogen and oxygen atoms in total. The highest BCUT2D eigenvalue weighted by Crippen LogP contribution is 2.23. The standard InChI is InChI=1S/C11H15BrN2OS/c12-9-5-10(16-7-9)6-14-3-1-8(2-4-14)11(13)15/h5,7-8H,1-4,6H2,(H2,13,15). The smallest absolute Gasteiger partial charge is 0.220 e. The summed E-state index contributed by atoms with van der Waals surface area (Å²) in [7, 11) is 0. The lowest BCUT2D eigenvalue weighted by Gasteiger charge is -2.29. The van der Waals surface area contributed by atoms with Crippen LogP contribution < -0.4 is 5.73 Å². The minimum atomic E-state index is -0.140. The molecule has 0 radical (unpaired) electrons. The summed E-state index contributed by atoms with van der Waals surface area (Å²) in [6.45, 7) is 2.94. The van der Waals surface area contributed by atoms with E-state index in [-0.39, 0.29) is 11.8 Å². The Bertz CT molecular complexity index is 372. The van der Waals surface area contributed by atoms with Crippen LogP contribution in [0.5, 0.6) is 0 Å². The van der Waals surface area contributed by atoms with E-state index >= 15 is 0 Å². The van der Waals surface area contributed by atoms with Crippen LogP contribution in [0.3, 0.4) is 0 Å². The van der Waals surface area contributed by atoms with E-state index in [9.17, 15) is 4.79 Å². The lowest BCUT2D eigenvalue weighted by molar-refractivity contribution is -0.123. The van der Waals surface area contributed by atoms with Crippen molar-refractivity contribution in [3.05, 3.63) is 20.8 Å². The third kappa shape index (κ3) is 3.06. The van der Waals surface area contributed by atoms with Gasteiger partial charge in [-0.3, -0.25) is 9.69 Å². The Morgan fingerprint density at radius 2 is 2.25 bits per heavy atom. The number of likely N-dealkylation sites (tertiary alicyclic amines) is 1. The second-order valence-electron chi connectivity index (χ2n) is 4.18. The second-order valence-corrected chi connectivity index (χ2v) is 6.10. The number of carbonyl (C=O) groups excluding carboxylic acids is 1. The number of piperidine rings is 1. The van der Waals surface area contributed by atoms with Crippen molar-refractivity contribution in [2.75, 3.05) is 13.1 Å². The molecule has 1 saturated heterocycles. The molecule has 16 heavy (non-hydrogen) atoms. The summed E-state index contributed by atoms with van der Waals surface area (Å²) < 4.78 is 1.15. The van der Waals surface area contributed by atoms with Crippen molar-refractivity contribution in [3.63, 3.8) is 0 Å². The molecule has 0 unspecified atom stereocenters. The number of nitrogens with zero attached hydrogens (tertiary/aromatic N) is 1. The Morgan fingerprint density at radius 3 is 2.75 bits per heavy atom. The van der Waals surface area contributed by atoms with Crippen molar-refractivity contribution in [1.82, 2.24) is 4.90 Å². The van der Waals surface area contributed by atoms with E-state index in [0.717, 1.165) is 36.9 Å². The molecule has 1 aliphatic rings. The Morgan fingerprint density at radius 1 is 1.56 bits per heavy atom. The molecule has 0 spiro atoms. The summed E-state index contributed by atoms with van der Waals surface area (Å²) in [5.41, 5.74) is 5.31. The number of primary amides is 1. The number of hydrogen-bond donors (Lipinski definition) is 1. The number of rotatable bonds is 3. The first-order valence-electron chi connectivity index (χ1n) is 5.40. The molecular weight excluding hydrogens is 288 g/mol. The van der Waals surface area contributed by atoms with Crippen LogP contribution in [0.1, 0.15) is 17.7 Å². The van der Waals surface area contributed by atoms with Crippen molar-refractivity contribution in [2.24, 2.45) is 11.7 Å². The molecule has 1 aromatic heterocycles. The molecule has 0 aliphatic carbocycles. The zero-order valence-electron chi connectivity index (χ0n) is 8.99. The number of thiophene rings is 1. The van der Waals surface area contributed by atoms with Gasteiger partial charge in [-0.15, -0.1) is 11.3 Å². The summed E-state index contributed by atoms with van der Waals surface area (Å²) in [5, 5.41) is 2.10. The lowest BCUT2D eigenvalue weighted by atomic mass is 9.96. The maximum atomic E-state index is 11.0. The van der Waals surface area contributed by atoms with Crippen LogP contribution in [0, 0.1) is 5.92 Å². The van der Waals surface area contributed by atoms with Crippen LogP contribution in [0.4, 0.5) is 0 Å². The molecule has 1 fully saturated rings. The van der Waals surface area contributed by atoms with Gasteiger partial charge in [0.15, 0.2) is 0 Å². The van der Waals surface area contributed by atoms with Crippen molar-refractivity contribution < 1.29 is 4.79 Å². The van der Waals surface area contributed by atoms with Crippen LogP contribution in [0.15, 0.2) is 15.9 Å². The summed E-state index contributed by atoms with van der Waals surface area (Å²) in [4.78, 5) is 14.8. The van der Waals surface area contributed by atoms with Gasteiger partial charge in [-0.2, -0.15) is 0 Å². The topological polar surface area (TPSA) is 46.3 Å². The van der Waals surface area contributed by atoms with E-state index in [4.69, 9.17) is 5.73 Å². The van der Waals surface area contributed by atoms with Gasteiger partial charge in [-0.1, -0.05) is 0 Å². The maximum Gasteiger partial charge on any atom is 0.220 e. The quantitative estimate of drug-likeness (QED) is 0.930. The largest absolute Gasteiger partial charge is 0.369 e. The molecule has 2 N–H and O–H groups in total. The second kappa shape index (κ2) is 5.29. The minimum absolute atomic E-state index is 0.0892. The fourth-order valence-corrected chi connectivity index (χ4v) is 3.53. The summed E-state index contributed by atoms with van der Waals surface area (Å²) in [6.07, 6.45) is 1.81. The molecule has 0 bridgehead atoms. The molecular formula is C11H15BrN2OS. The van der Waals surface area contributed by atoms with Gasteiger partial charge in [0.2, 0.25) is 5.91 Å². The summed E-state index contributed by atoms with van der Waals surface area (Å²) in [6, 6.07) is 2.16. The van der Waals surface area contributed by atoms with Crippen LogP contribution in [0.2, 0.25) is 0 Å². The van der Waals surface area contributed by atoms with Gasteiger partial charge >= 0.3 is 0 Å². The first-order valence-corrected chi connectivity index (χ1v) is 7.07. The van der Waals surface area contributed by atoms with Crippen LogP contribution in [0.25, 0.3) is 0 Å². The molecule has 88 valence electrons. The number of carbonyl (C=O) groups is 1. The average Bonchev–Trinajstić information content (AvgIpc) is 2.65. The monoisotopic (exact) mass is 302 g/mol. The van der Waals surface area contributed by atoms with Crippen molar-refractivity contribution in [1.29, 1.82) is 0 Å². The van der Waals surface area contributed by atoms with Gasteiger partial charge in [-0.25, -0.2) is 0 Å². The van der Waals surface area contributed by atoms with Gasteiger partial charge in [0, 0.05) is 27.2 Å². The van der Waals surface area contributed by atoms with Crippen LogP contribution in [-0.4, -0.2) is 23.9 Å². The van der Waals surface area contributed by atoms with E-state index in [1.54, 1.807) is 11.3 Å². The van der Waals surface area contributed by atoms with Gasteiger partial charge in [-0.05, 0) is 47.9 Å². The minimum Gasteiger partial charge on any atom is -0.369 e. The molecule has 1 amide bonds. The number of nitrogens with two attached hydrogens (primary N) is 1. The highest BCUT2D eigenvalue weighted by molar-refractivity contribution is 9.10. The SMILES string of the molecule is NC(=O)C1CCN(Cc2cc(Br)cs2)CC1. The molecule has 1 aliphatic heterocycles. The first kappa shape index (κ1) is 12.1. The summed E-state index contributed by atoms with van der Waals surface area (Å²) >= 11 is 5.23. The fraction of sp³-hybridized carbons (Fsp3) is 0.545. The van der Waals surface area contributed by atoms with Gasteiger partial charge in [0.05, 0.1) is 0 Å². The predicted molar refractivity (Wildman–Crippen MR) is 69.2 cm³/mol. The maximum absolute atomic E-state index is 11.0. The zero-order valence-corrected chi connectivity index (χ0v) is 11.4. The molecule has 0 saturated carbocycles. The third-order valence-electron chi connectivity index (χ3n) is 2.99. The number of amides is 1. The number of halogens is 1. The predicted octanol–water partition coefficient (Wildman–Crippen LogP) is 2.21. The molecule has 0 atom stereocenters. The van der Waals surface area contributed by atoms with E-state index in [1.807, 2.05) is 0 Å². The van der Waals surface area contributed by atoms with Crippen LogP contribution >= 0.6 is 27.3 Å². The van der Waals surface area contributed by atoms with E-state index in [0.29, 0.717) is 0 Å². The van der Waals surface area contributed by atoms with E-state index in [2.05, 4.69) is 32.3 Å². The van der Waals surface area contributed by atoms with E-state index < -0.39 is 0 Å². The van der Waals surface area contributed by atoms with Crippen molar-refractivity contribution >= 4 is 33.2 Å². The molecule has 2 heterocycles. The van der Waals surface area contributed by atoms with Gasteiger partial charge in [0.25, 0.3) is 0 Å².